The molecule has 0 fully saturated rings. The molecule has 0 saturated heterocycles. The van der Waals surface area contributed by atoms with E-state index in [0.717, 1.165) is 0 Å². The Kier molecular flexibility index (Phi) is 5.05. The molecule has 2 nitrogen and oxygen atoms in total. The SMILES string of the molecule is CC1C(c2ccccc2)=CC=CC1(CO)O[Si](C)(C)C(C)(C)C. The van der Waals surface area contributed by atoms with Crippen LogP contribution in [0.2, 0.25) is 18.1 Å². The van der Waals surface area contributed by atoms with Crippen LogP contribution in [0.1, 0.15) is 33.3 Å². The summed E-state index contributed by atoms with van der Waals surface area (Å²) >= 11 is 0. The second-order valence-corrected chi connectivity index (χ2v) is 12.8. The third-order valence-electron chi connectivity index (χ3n) is 5.46. The fourth-order valence-electron chi connectivity index (χ4n) is 2.82. The van der Waals surface area contributed by atoms with Crippen LogP contribution in [0, 0.1) is 5.92 Å². The number of hydrogen-bond acceptors (Lipinski definition) is 2. The zero-order valence-corrected chi connectivity index (χ0v) is 16.3. The molecule has 0 aromatic heterocycles. The molecule has 126 valence electrons. The number of aliphatic hydroxyl groups excluding tert-OH is 1. The zero-order valence-electron chi connectivity index (χ0n) is 15.3. The third kappa shape index (κ3) is 3.52. The van der Waals surface area contributed by atoms with Gasteiger partial charge in [-0.05, 0) is 29.3 Å². The predicted molar refractivity (Wildman–Crippen MR) is 101 cm³/mol. The second-order valence-electron chi connectivity index (χ2n) is 8.04. The minimum atomic E-state index is -2.00. The molecule has 0 spiro atoms. The number of aliphatic hydroxyl groups is 1. The van der Waals surface area contributed by atoms with Gasteiger partial charge in [0.15, 0.2) is 8.32 Å². The Hall–Kier alpha value is -1.16. The maximum Gasteiger partial charge on any atom is 0.193 e. The number of allylic oxidation sites excluding steroid dienone is 2. The Morgan fingerprint density at radius 2 is 1.78 bits per heavy atom. The van der Waals surface area contributed by atoms with Crippen molar-refractivity contribution in [2.45, 2.75) is 51.4 Å². The van der Waals surface area contributed by atoms with E-state index in [-0.39, 0.29) is 17.6 Å². The highest BCUT2D eigenvalue weighted by atomic mass is 28.4. The van der Waals surface area contributed by atoms with Gasteiger partial charge in [-0.3, -0.25) is 0 Å². The summed E-state index contributed by atoms with van der Waals surface area (Å²) in [5, 5.41) is 10.3. The van der Waals surface area contributed by atoms with E-state index in [4.69, 9.17) is 4.43 Å². The Balaban J connectivity index is 2.38. The van der Waals surface area contributed by atoms with Gasteiger partial charge in [0.25, 0.3) is 0 Å². The average molecular weight is 331 g/mol. The summed E-state index contributed by atoms with van der Waals surface area (Å²) in [6.45, 7) is 13.3. The molecule has 2 rings (SSSR count). The van der Waals surface area contributed by atoms with Crippen molar-refractivity contribution < 1.29 is 9.53 Å². The Labute approximate surface area is 142 Å². The molecular formula is C20H30O2Si. The van der Waals surface area contributed by atoms with Gasteiger partial charge in [-0.1, -0.05) is 76.3 Å². The summed E-state index contributed by atoms with van der Waals surface area (Å²) in [4.78, 5) is 0. The van der Waals surface area contributed by atoms with E-state index in [0.29, 0.717) is 0 Å². The first-order valence-electron chi connectivity index (χ1n) is 8.39. The summed E-state index contributed by atoms with van der Waals surface area (Å²) in [5.74, 6) is 0.106. The molecule has 0 bridgehead atoms. The molecular weight excluding hydrogens is 300 g/mol. The molecule has 0 aliphatic heterocycles. The van der Waals surface area contributed by atoms with Gasteiger partial charge in [-0.15, -0.1) is 0 Å². The lowest BCUT2D eigenvalue weighted by Crippen LogP contribution is -2.54. The van der Waals surface area contributed by atoms with E-state index in [1.807, 2.05) is 18.2 Å². The van der Waals surface area contributed by atoms with Crippen LogP contribution < -0.4 is 0 Å². The molecule has 1 N–H and O–H groups in total. The molecule has 1 aliphatic carbocycles. The van der Waals surface area contributed by atoms with Crippen LogP contribution in [0.4, 0.5) is 0 Å². The largest absolute Gasteiger partial charge is 0.405 e. The third-order valence-corrected chi connectivity index (χ3v) is 9.96. The van der Waals surface area contributed by atoms with Crippen LogP contribution >= 0.6 is 0 Å². The first-order valence-corrected chi connectivity index (χ1v) is 11.3. The smallest absolute Gasteiger partial charge is 0.193 e. The highest BCUT2D eigenvalue weighted by molar-refractivity contribution is 6.74. The second kappa shape index (κ2) is 6.38. The van der Waals surface area contributed by atoms with Crippen molar-refractivity contribution in [1.82, 2.24) is 0 Å². The maximum atomic E-state index is 10.2. The van der Waals surface area contributed by atoms with E-state index in [1.54, 1.807) is 0 Å². The summed E-state index contributed by atoms with van der Waals surface area (Å²) in [7, 11) is -2.00. The molecule has 1 aromatic carbocycles. The van der Waals surface area contributed by atoms with Crippen LogP contribution in [0.5, 0.6) is 0 Å². The highest BCUT2D eigenvalue weighted by Crippen LogP contribution is 2.45. The van der Waals surface area contributed by atoms with Crippen molar-refractivity contribution in [2.75, 3.05) is 6.61 Å². The Morgan fingerprint density at radius 3 is 2.30 bits per heavy atom. The maximum absolute atomic E-state index is 10.2. The molecule has 2 atom stereocenters. The van der Waals surface area contributed by atoms with Crippen LogP contribution in [-0.2, 0) is 4.43 Å². The molecule has 0 amide bonds. The number of rotatable bonds is 4. The molecule has 3 heteroatoms. The van der Waals surface area contributed by atoms with Crippen molar-refractivity contribution in [3.05, 3.63) is 54.1 Å². The zero-order chi connectivity index (χ0) is 17.3. The lowest BCUT2D eigenvalue weighted by molar-refractivity contribution is 0.0120. The lowest BCUT2D eigenvalue weighted by Gasteiger charge is -2.47. The normalized spacial score (nSPS) is 25.3. The van der Waals surface area contributed by atoms with Gasteiger partial charge in [0.1, 0.15) is 5.60 Å². The van der Waals surface area contributed by atoms with Gasteiger partial charge in [0.05, 0.1) is 6.61 Å². The van der Waals surface area contributed by atoms with E-state index >= 15 is 0 Å². The van der Waals surface area contributed by atoms with Crippen molar-refractivity contribution in [2.24, 2.45) is 5.92 Å². The number of hydrogen-bond donors (Lipinski definition) is 1. The molecule has 2 unspecified atom stereocenters. The van der Waals surface area contributed by atoms with E-state index in [1.165, 1.54) is 11.1 Å². The van der Waals surface area contributed by atoms with Gasteiger partial charge in [0.2, 0.25) is 0 Å². The minimum absolute atomic E-state index is 0.00134. The van der Waals surface area contributed by atoms with Crippen LogP contribution in [0.25, 0.3) is 5.57 Å². The van der Waals surface area contributed by atoms with Gasteiger partial charge in [-0.2, -0.15) is 0 Å². The van der Waals surface area contributed by atoms with E-state index in [2.05, 4.69) is 71.1 Å². The quantitative estimate of drug-likeness (QED) is 0.785. The fraction of sp³-hybridized carbons (Fsp3) is 0.500. The Bertz CT molecular complexity index is 596. The van der Waals surface area contributed by atoms with Gasteiger partial charge < -0.3 is 9.53 Å². The number of benzene rings is 1. The van der Waals surface area contributed by atoms with E-state index in [9.17, 15) is 5.11 Å². The standard InChI is InChI=1S/C20H30O2Si/c1-16-18(17-11-8-7-9-12-17)13-10-14-20(16,15-21)22-23(5,6)19(2,3)4/h7-14,16,21H,15H2,1-6H3. The van der Waals surface area contributed by atoms with Gasteiger partial charge >= 0.3 is 0 Å². The predicted octanol–water partition coefficient (Wildman–Crippen LogP) is 5.03. The molecule has 1 aliphatic rings. The highest BCUT2D eigenvalue weighted by Gasteiger charge is 2.47. The average Bonchev–Trinajstić information content (AvgIpc) is 2.49. The molecule has 0 radical (unpaired) electrons. The van der Waals surface area contributed by atoms with Crippen molar-refractivity contribution in [3.8, 4) is 0 Å². The van der Waals surface area contributed by atoms with Crippen LogP contribution in [0.3, 0.4) is 0 Å². The van der Waals surface area contributed by atoms with E-state index < -0.39 is 13.9 Å². The molecule has 23 heavy (non-hydrogen) atoms. The van der Waals surface area contributed by atoms with Gasteiger partial charge in [-0.25, -0.2) is 0 Å². The van der Waals surface area contributed by atoms with Crippen LogP contribution in [0.15, 0.2) is 48.6 Å². The summed E-state index contributed by atoms with van der Waals surface area (Å²) < 4.78 is 6.71. The summed E-state index contributed by atoms with van der Waals surface area (Å²) in [6.07, 6.45) is 6.22. The van der Waals surface area contributed by atoms with Gasteiger partial charge in [0, 0.05) is 5.92 Å². The first kappa shape index (κ1) is 18.2. The van der Waals surface area contributed by atoms with Crippen LogP contribution in [-0.4, -0.2) is 25.6 Å². The summed E-state index contributed by atoms with van der Waals surface area (Å²) in [6, 6.07) is 10.4. The Morgan fingerprint density at radius 1 is 1.17 bits per heavy atom. The first-order chi connectivity index (χ1) is 10.6. The molecule has 0 saturated carbocycles. The topological polar surface area (TPSA) is 29.5 Å². The van der Waals surface area contributed by atoms with Crippen molar-refractivity contribution in [1.29, 1.82) is 0 Å². The van der Waals surface area contributed by atoms with Crippen molar-refractivity contribution in [3.63, 3.8) is 0 Å². The summed E-state index contributed by atoms with van der Waals surface area (Å²) in [5.41, 5.74) is 1.78. The van der Waals surface area contributed by atoms with Crippen molar-refractivity contribution >= 4 is 13.9 Å². The minimum Gasteiger partial charge on any atom is -0.405 e. The lowest BCUT2D eigenvalue weighted by atomic mass is 9.77. The fourth-order valence-corrected chi connectivity index (χ4v) is 4.38. The monoisotopic (exact) mass is 330 g/mol. The molecule has 0 heterocycles. The molecule has 1 aromatic rings.